The molecule has 0 unspecified atom stereocenters. The van der Waals surface area contributed by atoms with Gasteiger partial charge in [-0.3, -0.25) is 4.21 Å². The fraction of sp³-hybridized carbons (Fsp3) is 0.455. The minimum Gasteiger partial charge on any atom is -0.260 e. The molecule has 0 saturated heterocycles. The molecule has 0 radical (unpaired) electrons. The van der Waals surface area contributed by atoms with Crippen LogP contribution in [-0.2, 0) is 20.8 Å². The molecule has 0 amide bonds. The van der Waals surface area contributed by atoms with Crippen LogP contribution in [0.1, 0.15) is 6.92 Å². The van der Waals surface area contributed by atoms with Crippen molar-refractivity contribution in [3.05, 3.63) is 28.7 Å². The van der Waals surface area contributed by atoms with Crippen molar-refractivity contribution in [1.29, 1.82) is 0 Å². The summed E-state index contributed by atoms with van der Waals surface area (Å²) in [6.07, 6.45) is 1.57. The van der Waals surface area contributed by atoms with E-state index >= 15 is 0 Å². The average Bonchev–Trinajstić information content (AvgIpc) is 2.27. The van der Waals surface area contributed by atoms with Gasteiger partial charge in [0.1, 0.15) is 0 Å². The van der Waals surface area contributed by atoms with Crippen molar-refractivity contribution < 1.29 is 12.6 Å². The second kappa shape index (κ2) is 6.27. The van der Waals surface area contributed by atoms with Crippen molar-refractivity contribution in [3.8, 4) is 0 Å². The second-order valence-electron chi connectivity index (χ2n) is 4.07. The topological polar surface area (TPSA) is 54.5 Å². The smallest absolute Gasteiger partial charge is 0.243 e. The van der Waals surface area contributed by atoms with Crippen LogP contribution in [-0.4, -0.2) is 42.0 Å². The monoisotopic (exact) mass is 353 g/mol. The van der Waals surface area contributed by atoms with Gasteiger partial charge in [-0.25, -0.2) is 8.42 Å². The Balaban J connectivity index is 3.03. The van der Waals surface area contributed by atoms with Gasteiger partial charge in [0.25, 0.3) is 0 Å². The van der Waals surface area contributed by atoms with Crippen LogP contribution in [0, 0.1) is 0 Å². The third kappa shape index (κ3) is 3.88. The van der Waals surface area contributed by atoms with Gasteiger partial charge in [0.05, 0.1) is 4.90 Å². The third-order valence-electron chi connectivity index (χ3n) is 2.57. The van der Waals surface area contributed by atoms with E-state index in [9.17, 15) is 12.6 Å². The standard InChI is InChI=1S/C11H16BrNO3S2/c1-9(8-17(3)14)13(2)18(15,16)11-6-4-5-10(12)7-11/h4-7,9H,8H2,1-3H3/t9-,17-/m0/s1. The Morgan fingerprint density at radius 1 is 1.44 bits per heavy atom. The quantitative estimate of drug-likeness (QED) is 0.811. The van der Waals surface area contributed by atoms with E-state index in [0.29, 0.717) is 10.2 Å². The molecular weight excluding hydrogens is 338 g/mol. The Bertz CT molecular complexity index is 545. The average molecular weight is 354 g/mol. The lowest BCUT2D eigenvalue weighted by Gasteiger charge is -2.23. The first-order valence-electron chi connectivity index (χ1n) is 5.28. The van der Waals surface area contributed by atoms with Crippen LogP contribution in [0.25, 0.3) is 0 Å². The van der Waals surface area contributed by atoms with E-state index in [2.05, 4.69) is 15.9 Å². The minimum atomic E-state index is -3.54. The molecule has 0 aliphatic carbocycles. The number of hydrogen-bond donors (Lipinski definition) is 0. The molecule has 0 fully saturated rings. The maximum Gasteiger partial charge on any atom is 0.243 e. The lowest BCUT2D eigenvalue weighted by Crippen LogP contribution is -2.38. The van der Waals surface area contributed by atoms with Crippen molar-refractivity contribution >= 4 is 36.8 Å². The van der Waals surface area contributed by atoms with Crippen LogP contribution in [0.3, 0.4) is 0 Å². The van der Waals surface area contributed by atoms with Crippen LogP contribution >= 0.6 is 15.9 Å². The lowest BCUT2D eigenvalue weighted by molar-refractivity contribution is 0.413. The molecule has 1 aromatic carbocycles. The highest BCUT2D eigenvalue weighted by atomic mass is 79.9. The van der Waals surface area contributed by atoms with Crippen LogP contribution in [0.5, 0.6) is 0 Å². The summed E-state index contributed by atoms with van der Waals surface area (Å²) in [5.74, 6) is 0.323. The molecule has 4 nitrogen and oxygen atoms in total. The molecule has 0 aromatic heterocycles. The number of rotatable bonds is 5. The van der Waals surface area contributed by atoms with Crippen LogP contribution in [0.15, 0.2) is 33.6 Å². The van der Waals surface area contributed by atoms with Crippen molar-refractivity contribution in [2.24, 2.45) is 0 Å². The predicted octanol–water partition coefficient (Wildman–Crippen LogP) is 1.84. The first-order valence-corrected chi connectivity index (χ1v) is 9.25. The summed E-state index contributed by atoms with van der Waals surface area (Å²) in [6, 6.07) is 6.24. The fourth-order valence-corrected chi connectivity index (χ4v) is 4.43. The Morgan fingerprint density at radius 2 is 2.06 bits per heavy atom. The SMILES string of the molecule is C[C@@H](C[S@](C)=O)N(C)S(=O)(=O)c1cccc(Br)c1. The van der Waals surface area contributed by atoms with Gasteiger partial charge in [-0.05, 0) is 25.1 Å². The van der Waals surface area contributed by atoms with Crippen molar-refractivity contribution in [2.45, 2.75) is 17.9 Å². The zero-order valence-electron chi connectivity index (χ0n) is 10.5. The van der Waals surface area contributed by atoms with Gasteiger partial charge in [-0.2, -0.15) is 4.31 Å². The maximum absolute atomic E-state index is 12.3. The zero-order valence-corrected chi connectivity index (χ0v) is 13.7. The number of nitrogens with zero attached hydrogens (tertiary/aromatic N) is 1. The molecule has 7 heteroatoms. The molecule has 0 aliphatic rings. The molecule has 18 heavy (non-hydrogen) atoms. The largest absolute Gasteiger partial charge is 0.260 e. The predicted molar refractivity (Wildman–Crippen MR) is 77.5 cm³/mol. The van der Waals surface area contributed by atoms with E-state index in [0.717, 1.165) is 0 Å². The summed E-state index contributed by atoms with van der Waals surface area (Å²) in [6.45, 7) is 1.75. The Morgan fingerprint density at radius 3 is 2.56 bits per heavy atom. The second-order valence-corrected chi connectivity index (χ2v) is 8.46. The molecule has 2 atom stereocenters. The van der Waals surface area contributed by atoms with Crippen LogP contribution < -0.4 is 0 Å². The molecule has 0 aliphatic heterocycles. The summed E-state index contributed by atoms with van der Waals surface area (Å²) in [5.41, 5.74) is 0. The van der Waals surface area contributed by atoms with E-state index in [1.165, 1.54) is 11.4 Å². The highest BCUT2D eigenvalue weighted by molar-refractivity contribution is 9.10. The van der Waals surface area contributed by atoms with Crippen molar-refractivity contribution in [1.82, 2.24) is 4.31 Å². The molecule has 0 N–H and O–H groups in total. The highest BCUT2D eigenvalue weighted by Crippen LogP contribution is 2.20. The maximum atomic E-state index is 12.3. The molecule has 1 aromatic rings. The van der Waals surface area contributed by atoms with Crippen molar-refractivity contribution in [2.75, 3.05) is 19.1 Å². The van der Waals surface area contributed by atoms with E-state index < -0.39 is 20.8 Å². The number of benzene rings is 1. The molecule has 102 valence electrons. The fourth-order valence-electron chi connectivity index (χ4n) is 1.48. The van der Waals surface area contributed by atoms with E-state index in [-0.39, 0.29) is 10.9 Å². The summed E-state index contributed by atoms with van der Waals surface area (Å²) in [4.78, 5) is 0.230. The van der Waals surface area contributed by atoms with E-state index in [1.807, 2.05) is 0 Å². The van der Waals surface area contributed by atoms with Gasteiger partial charge in [0, 0.05) is 40.4 Å². The normalized spacial score (nSPS) is 15.6. The number of hydrogen-bond acceptors (Lipinski definition) is 3. The number of sulfonamides is 1. The number of halogens is 1. The molecule has 0 spiro atoms. The van der Waals surface area contributed by atoms with Gasteiger partial charge < -0.3 is 0 Å². The Labute approximate surface area is 119 Å². The van der Waals surface area contributed by atoms with E-state index in [1.54, 1.807) is 37.4 Å². The summed E-state index contributed by atoms with van der Waals surface area (Å²) in [5, 5.41) is 0. The first kappa shape index (κ1) is 15.8. The summed E-state index contributed by atoms with van der Waals surface area (Å²) >= 11 is 3.25. The van der Waals surface area contributed by atoms with Crippen LogP contribution in [0.4, 0.5) is 0 Å². The minimum absolute atomic E-state index is 0.230. The zero-order chi connectivity index (χ0) is 13.9. The highest BCUT2D eigenvalue weighted by Gasteiger charge is 2.25. The van der Waals surface area contributed by atoms with Gasteiger partial charge >= 0.3 is 0 Å². The third-order valence-corrected chi connectivity index (χ3v) is 5.98. The van der Waals surface area contributed by atoms with Gasteiger partial charge in [0.2, 0.25) is 10.0 Å². The van der Waals surface area contributed by atoms with Crippen LogP contribution in [0.2, 0.25) is 0 Å². The van der Waals surface area contributed by atoms with Gasteiger partial charge in [-0.15, -0.1) is 0 Å². The molecule has 1 rings (SSSR count). The summed E-state index contributed by atoms with van der Waals surface area (Å²) in [7, 11) is -3.06. The Hall–Kier alpha value is -0.240. The lowest BCUT2D eigenvalue weighted by atomic mass is 10.4. The van der Waals surface area contributed by atoms with E-state index in [4.69, 9.17) is 0 Å². The molecule has 0 saturated carbocycles. The summed E-state index contributed by atoms with van der Waals surface area (Å²) < 4.78 is 37.8. The van der Waals surface area contributed by atoms with Gasteiger partial charge in [-0.1, -0.05) is 22.0 Å². The Kier molecular flexibility index (Phi) is 5.51. The molecule has 0 heterocycles. The van der Waals surface area contributed by atoms with Crippen molar-refractivity contribution in [3.63, 3.8) is 0 Å². The molecular formula is C11H16BrNO3S2. The first-order chi connectivity index (χ1) is 8.25. The molecule has 0 bridgehead atoms. The van der Waals surface area contributed by atoms with Gasteiger partial charge in [0.15, 0.2) is 0 Å².